The summed E-state index contributed by atoms with van der Waals surface area (Å²) in [5.74, 6) is 0.311. The summed E-state index contributed by atoms with van der Waals surface area (Å²) in [6, 6.07) is 5.41. The zero-order valence-electron chi connectivity index (χ0n) is 10.6. The fourth-order valence-corrected chi connectivity index (χ4v) is 2.50. The minimum atomic E-state index is 0.311. The summed E-state index contributed by atoms with van der Waals surface area (Å²) >= 11 is 0. The molecule has 1 aromatic heterocycles. The van der Waals surface area contributed by atoms with Crippen molar-refractivity contribution in [2.75, 3.05) is 33.2 Å². The van der Waals surface area contributed by atoms with Crippen LogP contribution in [0.15, 0.2) is 28.9 Å². The third kappa shape index (κ3) is 2.09. The fourth-order valence-electron chi connectivity index (χ4n) is 2.50. The monoisotopic (exact) mass is 246 g/mol. The predicted molar refractivity (Wildman–Crippen MR) is 70.7 cm³/mol. The molecule has 96 valence electrons. The molecule has 1 aromatic carbocycles. The molecule has 4 nitrogen and oxygen atoms in total. The van der Waals surface area contributed by atoms with Gasteiger partial charge in [0.1, 0.15) is 11.3 Å². The lowest BCUT2D eigenvalue weighted by Gasteiger charge is -2.32. The van der Waals surface area contributed by atoms with Gasteiger partial charge in [0, 0.05) is 38.3 Å². The second-order valence-electron chi connectivity index (χ2n) is 4.99. The molecular formula is C14H18N2O2. The van der Waals surface area contributed by atoms with E-state index in [4.69, 9.17) is 4.42 Å². The van der Waals surface area contributed by atoms with Crippen molar-refractivity contribution in [3.8, 4) is 5.75 Å². The maximum atomic E-state index is 9.93. The van der Waals surface area contributed by atoms with E-state index in [0.717, 1.165) is 49.3 Å². The Morgan fingerprint density at radius 3 is 2.78 bits per heavy atom. The van der Waals surface area contributed by atoms with Crippen LogP contribution in [-0.2, 0) is 6.54 Å². The number of likely N-dealkylation sites (N-methyl/N-ethyl adjacent to an activating group) is 1. The lowest BCUT2D eigenvalue weighted by atomic mass is 10.1. The zero-order chi connectivity index (χ0) is 12.5. The molecule has 4 heteroatoms. The van der Waals surface area contributed by atoms with Crippen LogP contribution >= 0.6 is 0 Å². The lowest BCUT2D eigenvalue weighted by Crippen LogP contribution is -2.43. The summed E-state index contributed by atoms with van der Waals surface area (Å²) in [5, 5.41) is 10.8. The Labute approximate surface area is 106 Å². The highest BCUT2D eigenvalue weighted by Crippen LogP contribution is 2.30. The fraction of sp³-hybridized carbons (Fsp3) is 0.429. The first-order chi connectivity index (χ1) is 8.74. The van der Waals surface area contributed by atoms with Gasteiger partial charge in [-0.1, -0.05) is 6.07 Å². The van der Waals surface area contributed by atoms with Crippen LogP contribution in [0.3, 0.4) is 0 Å². The van der Waals surface area contributed by atoms with Gasteiger partial charge in [0.05, 0.1) is 11.6 Å². The molecule has 2 heterocycles. The summed E-state index contributed by atoms with van der Waals surface area (Å²) in [4.78, 5) is 4.73. The molecule has 18 heavy (non-hydrogen) atoms. The molecule has 0 bridgehead atoms. The number of rotatable bonds is 2. The van der Waals surface area contributed by atoms with Gasteiger partial charge in [0.25, 0.3) is 0 Å². The Morgan fingerprint density at radius 2 is 2.00 bits per heavy atom. The maximum Gasteiger partial charge on any atom is 0.137 e. The summed E-state index contributed by atoms with van der Waals surface area (Å²) in [6.07, 6.45) is 1.77. The number of aromatic hydroxyl groups is 1. The van der Waals surface area contributed by atoms with Crippen molar-refractivity contribution in [3.05, 3.63) is 30.0 Å². The standard InChI is InChI=1S/C14H18N2O2/c1-15-5-7-16(8-6-15)9-11-10-18-13-4-2-3-12(17)14(11)13/h2-4,10,17H,5-9H2,1H3. The van der Waals surface area contributed by atoms with Crippen molar-refractivity contribution in [2.45, 2.75) is 6.54 Å². The largest absolute Gasteiger partial charge is 0.507 e. The smallest absolute Gasteiger partial charge is 0.137 e. The van der Waals surface area contributed by atoms with E-state index in [-0.39, 0.29) is 0 Å². The molecule has 1 saturated heterocycles. The Balaban J connectivity index is 1.82. The van der Waals surface area contributed by atoms with Gasteiger partial charge in [0.2, 0.25) is 0 Å². The van der Waals surface area contributed by atoms with E-state index >= 15 is 0 Å². The molecule has 0 spiro atoms. The molecule has 0 radical (unpaired) electrons. The highest BCUT2D eigenvalue weighted by Gasteiger charge is 2.17. The average Bonchev–Trinajstić information content (AvgIpc) is 2.77. The van der Waals surface area contributed by atoms with Gasteiger partial charge in [-0.05, 0) is 19.2 Å². The molecular weight excluding hydrogens is 228 g/mol. The van der Waals surface area contributed by atoms with Crippen LogP contribution in [0.4, 0.5) is 0 Å². The second kappa shape index (κ2) is 4.63. The van der Waals surface area contributed by atoms with Crippen LogP contribution in [0.1, 0.15) is 5.56 Å². The highest BCUT2D eigenvalue weighted by molar-refractivity contribution is 5.87. The summed E-state index contributed by atoms with van der Waals surface area (Å²) < 4.78 is 5.50. The molecule has 1 aliphatic rings. The number of phenolic OH excluding ortho intramolecular Hbond substituents is 1. The highest BCUT2D eigenvalue weighted by atomic mass is 16.3. The summed E-state index contributed by atoms with van der Waals surface area (Å²) in [6.45, 7) is 5.18. The minimum Gasteiger partial charge on any atom is -0.507 e. The van der Waals surface area contributed by atoms with Crippen LogP contribution in [0, 0.1) is 0 Å². The molecule has 1 fully saturated rings. The number of furan rings is 1. The Kier molecular flexibility index (Phi) is 2.97. The Morgan fingerprint density at radius 1 is 1.22 bits per heavy atom. The van der Waals surface area contributed by atoms with Crippen LogP contribution in [-0.4, -0.2) is 48.1 Å². The topological polar surface area (TPSA) is 39.9 Å². The van der Waals surface area contributed by atoms with Gasteiger partial charge < -0.3 is 14.4 Å². The SMILES string of the molecule is CN1CCN(Cc2coc3cccc(O)c23)CC1. The van der Waals surface area contributed by atoms with Crippen LogP contribution in [0.2, 0.25) is 0 Å². The molecule has 0 unspecified atom stereocenters. The Bertz CT molecular complexity index is 542. The molecule has 0 atom stereocenters. The van der Waals surface area contributed by atoms with Crippen molar-refractivity contribution in [1.29, 1.82) is 0 Å². The minimum absolute atomic E-state index is 0.311. The van der Waals surface area contributed by atoms with Crippen molar-refractivity contribution in [2.24, 2.45) is 0 Å². The average molecular weight is 246 g/mol. The Hall–Kier alpha value is -1.52. The van der Waals surface area contributed by atoms with Crippen LogP contribution in [0.5, 0.6) is 5.75 Å². The van der Waals surface area contributed by atoms with Crippen molar-refractivity contribution in [1.82, 2.24) is 9.80 Å². The molecule has 1 N–H and O–H groups in total. The van der Waals surface area contributed by atoms with Gasteiger partial charge in [-0.3, -0.25) is 4.90 Å². The number of fused-ring (bicyclic) bond motifs is 1. The van der Waals surface area contributed by atoms with Gasteiger partial charge in [0.15, 0.2) is 0 Å². The lowest BCUT2D eigenvalue weighted by molar-refractivity contribution is 0.148. The number of hydrogen-bond acceptors (Lipinski definition) is 4. The van der Waals surface area contributed by atoms with Gasteiger partial charge in [-0.15, -0.1) is 0 Å². The number of hydrogen-bond donors (Lipinski definition) is 1. The molecule has 1 aliphatic heterocycles. The van der Waals surface area contributed by atoms with Crippen molar-refractivity contribution >= 4 is 11.0 Å². The number of benzene rings is 1. The second-order valence-corrected chi connectivity index (χ2v) is 4.99. The van der Waals surface area contributed by atoms with E-state index in [1.165, 1.54) is 0 Å². The summed E-state index contributed by atoms with van der Waals surface area (Å²) in [5.41, 5.74) is 1.84. The van der Waals surface area contributed by atoms with E-state index < -0.39 is 0 Å². The molecule has 0 saturated carbocycles. The van der Waals surface area contributed by atoms with E-state index in [2.05, 4.69) is 16.8 Å². The normalized spacial score (nSPS) is 18.5. The van der Waals surface area contributed by atoms with Crippen LogP contribution < -0.4 is 0 Å². The predicted octanol–water partition coefficient (Wildman–Crippen LogP) is 1.89. The number of nitrogens with zero attached hydrogens (tertiary/aromatic N) is 2. The molecule has 3 rings (SSSR count). The van der Waals surface area contributed by atoms with E-state index in [0.29, 0.717) is 5.75 Å². The number of phenols is 1. The molecule has 2 aromatic rings. The first-order valence-electron chi connectivity index (χ1n) is 6.33. The van der Waals surface area contributed by atoms with E-state index in [1.54, 1.807) is 18.4 Å². The van der Waals surface area contributed by atoms with E-state index in [1.807, 2.05) is 6.07 Å². The molecule has 0 aliphatic carbocycles. The first-order valence-corrected chi connectivity index (χ1v) is 6.33. The third-order valence-corrected chi connectivity index (χ3v) is 3.64. The number of piperazine rings is 1. The quantitative estimate of drug-likeness (QED) is 0.878. The zero-order valence-corrected chi connectivity index (χ0v) is 10.6. The summed E-state index contributed by atoms with van der Waals surface area (Å²) in [7, 11) is 2.15. The van der Waals surface area contributed by atoms with Gasteiger partial charge >= 0.3 is 0 Å². The van der Waals surface area contributed by atoms with Crippen molar-refractivity contribution < 1.29 is 9.52 Å². The first kappa shape index (κ1) is 11.6. The third-order valence-electron chi connectivity index (χ3n) is 3.64. The van der Waals surface area contributed by atoms with Gasteiger partial charge in [-0.25, -0.2) is 0 Å². The maximum absolute atomic E-state index is 9.93. The van der Waals surface area contributed by atoms with Crippen LogP contribution in [0.25, 0.3) is 11.0 Å². The van der Waals surface area contributed by atoms with Gasteiger partial charge in [-0.2, -0.15) is 0 Å². The van der Waals surface area contributed by atoms with E-state index in [9.17, 15) is 5.11 Å². The van der Waals surface area contributed by atoms with Crippen molar-refractivity contribution in [3.63, 3.8) is 0 Å². The molecule has 0 amide bonds.